The number of aliphatic hydroxyl groups is 1. The third-order valence-electron chi connectivity index (χ3n) is 3.63. The van der Waals surface area contributed by atoms with Gasteiger partial charge in [0.25, 0.3) is 5.56 Å². The second kappa shape index (κ2) is 6.65. The molecule has 0 saturated carbocycles. The predicted octanol–water partition coefficient (Wildman–Crippen LogP) is 2.01. The van der Waals surface area contributed by atoms with E-state index in [1.165, 1.54) is 19.2 Å². The van der Waals surface area contributed by atoms with E-state index >= 15 is 0 Å². The molecule has 0 aromatic carbocycles. The maximum atomic E-state index is 11.6. The van der Waals surface area contributed by atoms with Crippen molar-refractivity contribution in [3.05, 3.63) is 23.0 Å². The number of hydrogen-bond acceptors (Lipinski definition) is 4. The molecule has 0 aliphatic rings. The lowest BCUT2D eigenvalue weighted by molar-refractivity contribution is 0.124. The van der Waals surface area contributed by atoms with E-state index in [-0.39, 0.29) is 11.6 Å². The van der Waals surface area contributed by atoms with Gasteiger partial charge in [-0.1, -0.05) is 32.6 Å². The fraction of sp³-hybridized carbons (Fsp3) is 0.643. The summed E-state index contributed by atoms with van der Waals surface area (Å²) in [5.41, 5.74) is 0.617. The van der Waals surface area contributed by atoms with E-state index in [2.05, 4.69) is 21.9 Å². The second-order valence-electron chi connectivity index (χ2n) is 5.21. The van der Waals surface area contributed by atoms with Gasteiger partial charge in [-0.05, 0) is 13.3 Å². The first-order valence-corrected chi connectivity index (χ1v) is 7.23. The minimum absolute atomic E-state index is 0.0915. The molecule has 0 saturated heterocycles. The number of H-pyrrole nitrogens is 1. The topological polar surface area (TPSA) is 83.8 Å². The summed E-state index contributed by atoms with van der Waals surface area (Å²) in [7, 11) is 0. The third-order valence-corrected chi connectivity index (χ3v) is 3.63. The van der Waals surface area contributed by atoms with E-state index in [1.54, 1.807) is 13.3 Å². The number of aliphatic hydroxyl groups excluding tert-OH is 1. The van der Waals surface area contributed by atoms with Crippen LogP contribution in [0.15, 0.2) is 17.4 Å². The first-order valence-electron chi connectivity index (χ1n) is 7.23. The molecule has 2 aromatic rings. The maximum absolute atomic E-state index is 11.6. The van der Waals surface area contributed by atoms with Crippen molar-refractivity contribution in [2.75, 3.05) is 0 Å². The Morgan fingerprint density at radius 1 is 1.35 bits per heavy atom. The highest BCUT2D eigenvalue weighted by Gasteiger charge is 2.20. The van der Waals surface area contributed by atoms with Crippen LogP contribution in [0.25, 0.3) is 11.2 Å². The van der Waals surface area contributed by atoms with Gasteiger partial charge in [0.2, 0.25) is 0 Å². The zero-order valence-electron chi connectivity index (χ0n) is 12.0. The molecule has 0 spiro atoms. The zero-order chi connectivity index (χ0) is 14.5. The molecule has 2 heterocycles. The van der Waals surface area contributed by atoms with Gasteiger partial charge in [0.1, 0.15) is 0 Å². The van der Waals surface area contributed by atoms with Gasteiger partial charge in [0.15, 0.2) is 11.2 Å². The van der Waals surface area contributed by atoms with Gasteiger partial charge in [-0.25, -0.2) is 9.97 Å². The summed E-state index contributed by atoms with van der Waals surface area (Å²) >= 11 is 0. The van der Waals surface area contributed by atoms with Gasteiger partial charge in [0.05, 0.1) is 24.8 Å². The van der Waals surface area contributed by atoms with Gasteiger partial charge in [-0.15, -0.1) is 0 Å². The van der Waals surface area contributed by atoms with Gasteiger partial charge in [-0.2, -0.15) is 0 Å². The van der Waals surface area contributed by atoms with Crippen LogP contribution in [0.1, 0.15) is 52.0 Å². The van der Waals surface area contributed by atoms with Crippen molar-refractivity contribution in [3.8, 4) is 0 Å². The van der Waals surface area contributed by atoms with Crippen LogP contribution in [-0.2, 0) is 0 Å². The summed E-state index contributed by atoms with van der Waals surface area (Å²) in [5.74, 6) is 0. The minimum atomic E-state index is -0.505. The van der Waals surface area contributed by atoms with Crippen LogP contribution in [0.4, 0.5) is 0 Å². The van der Waals surface area contributed by atoms with Crippen molar-refractivity contribution in [1.82, 2.24) is 19.5 Å². The molecule has 0 fully saturated rings. The molecule has 2 atom stereocenters. The monoisotopic (exact) mass is 278 g/mol. The number of hydrogen-bond donors (Lipinski definition) is 2. The van der Waals surface area contributed by atoms with E-state index in [1.807, 2.05) is 4.57 Å². The number of unbranched alkanes of at least 4 members (excludes halogenated alkanes) is 3. The normalized spacial score (nSPS) is 14.6. The van der Waals surface area contributed by atoms with Crippen LogP contribution in [0, 0.1) is 0 Å². The number of aromatic nitrogens is 4. The van der Waals surface area contributed by atoms with E-state index in [4.69, 9.17) is 0 Å². The SMILES string of the molecule is CCCCCCC(C(C)O)n1cnc2c(=O)[nH]cnc21. The van der Waals surface area contributed by atoms with Crippen molar-refractivity contribution in [3.63, 3.8) is 0 Å². The maximum Gasteiger partial charge on any atom is 0.278 e. The predicted molar refractivity (Wildman–Crippen MR) is 77.6 cm³/mol. The summed E-state index contributed by atoms with van der Waals surface area (Å²) in [4.78, 5) is 22.5. The fourth-order valence-corrected chi connectivity index (χ4v) is 2.50. The van der Waals surface area contributed by atoms with Gasteiger partial charge in [-0.3, -0.25) is 4.79 Å². The number of fused-ring (bicyclic) bond motifs is 1. The molecule has 6 heteroatoms. The standard InChI is InChI=1S/C14H22N4O2/c1-3-4-5-6-7-11(10(2)19)18-9-17-12-13(18)15-8-16-14(12)20/h8-11,19H,3-7H2,1-2H3,(H,15,16,20). The lowest BCUT2D eigenvalue weighted by atomic mass is 10.0. The highest BCUT2D eigenvalue weighted by molar-refractivity contribution is 5.68. The molecule has 2 unspecified atom stereocenters. The Labute approximate surface area is 117 Å². The Morgan fingerprint density at radius 3 is 2.85 bits per heavy atom. The van der Waals surface area contributed by atoms with Crippen LogP contribution < -0.4 is 5.56 Å². The van der Waals surface area contributed by atoms with E-state index in [9.17, 15) is 9.90 Å². The molecule has 2 aromatic heterocycles. The zero-order valence-corrected chi connectivity index (χ0v) is 12.0. The molecule has 0 aliphatic carbocycles. The van der Waals surface area contributed by atoms with E-state index in [0.717, 1.165) is 19.3 Å². The second-order valence-corrected chi connectivity index (χ2v) is 5.21. The lowest BCUT2D eigenvalue weighted by Gasteiger charge is -2.21. The third kappa shape index (κ3) is 3.07. The fourth-order valence-electron chi connectivity index (χ4n) is 2.50. The molecule has 0 aliphatic heterocycles. The van der Waals surface area contributed by atoms with Crippen LogP contribution in [0.5, 0.6) is 0 Å². The summed E-state index contributed by atoms with van der Waals surface area (Å²) in [6.07, 6.45) is 7.92. The quantitative estimate of drug-likeness (QED) is 0.759. The number of rotatable bonds is 7. The van der Waals surface area contributed by atoms with Crippen molar-refractivity contribution in [2.45, 2.75) is 58.1 Å². The highest BCUT2D eigenvalue weighted by atomic mass is 16.3. The van der Waals surface area contributed by atoms with Gasteiger partial charge < -0.3 is 14.7 Å². The molecule has 2 rings (SSSR count). The number of nitrogens with one attached hydrogen (secondary N) is 1. The van der Waals surface area contributed by atoms with Crippen molar-refractivity contribution >= 4 is 11.2 Å². The summed E-state index contributed by atoms with van der Waals surface area (Å²) in [6, 6.07) is -0.0915. The Bertz CT molecular complexity index is 602. The van der Waals surface area contributed by atoms with Crippen LogP contribution >= 0.6 is 0 Å². The molecule has 110 valence electrons. The molecule has 0 bridgehead atoms. The summed E-state index contributed by atoms with van der Waals surface area (Å²) in [5, 5.41) is 10.0. The molecule has 20 heavy (non-hydrogen) atoms. The van der Waals surface area contributed by atoms with Crippen LogP contribution in [0.3, 0.4) is 0 Å². The largest absolute Gasteiger partial charge is 0.391 e. The Balaban J connectivity index is 2.23. The molecule has 0 radical (unpaired) electrons. The van der Waals surface area contributed by atoms with E-state index < -0.39 is 6.10 Å². The number of aromatic amines is 1. The molecular weight excluding hydrogens is 256 g/mol. The first kappa shape index (κ1) is 14.7. The first-order chi connectivity index (χ1) is 9.65. The summed E-state index contributed by atoms with van der Waals surface area (Å²) < 4.78 is 1.82. The van der Waals surface area contributed by atoms with Crippen LogP contribution in [-0.4, -0.2) is 30.7 Å². The smallest absolute Gasteiger partial charge is 0.278 e. The van der Waals surface area contributed by atoms with Crippen molar-refractivity contribution in [2.24, 2.45) is 0 Å². The van der Waals surface area contributed by atoms with Gasteiger partial charge >= 0.3 is 0 Å². The Morgan fingerprint density at radius 2 is 2.15 bits per heavy atom. The molecule has 0 amide bonds. The Kier molecular flexibility index (Phi) is 4.89. The number of imidazole rings is 1. The minimum Gasteiger partial charge on any atom is -0.391 e. The average molecular weight is 278 g/mol. The average Bonchev–Trinajstić information content (AvgIpc) is 2.84. The molecule has 6 nitrogen and oxygen atoms in total. The van der Waals surface area contributed by atoms with Gasteiger partial charge in [0, 0.05) is 0 Å². The van der Waals surface area contributed by atoms with Crippen LogP contribution in [0.2, 0.25) is 0 Å². The number of nitrogens with zero attached hydrogens (tertiary/aromatic N) is 3. The molecular formula is C14H22N4O2. The Hall–Kier alpha value is -1.69. The molecule has 2 N–H and O–H groups in total. The highest BCUT2D eigenvalue weighted by Crippen LogP contribution is 2.23. The van der Waals surface area contributed by atoms with Crippen molar-refractivity contribution < 1.29 is 5.11 Å². The van der Waals surface area contributed by atoms with E-state index in [0.29, 0.717) is 11.2 Å². The van der Waals surface area contributed by atoms with Crippen molar-refractivity contribution in [1.29, 1.82) is 0 Å². The summed E-state index contributed by atoms with van der Waals surface area (Å²) in [6.45, 7) is 3.94. The lowest BCUT2D eigenvalue weighted by Crippen LogP contribution is -2.21.